The van der Waals surface area contributed by atoms with Gasteiger partial charge in [-0.1, -0.05) is 24.3 Å². The minimum absolute atomic E-state index is 0.433. The second-order valence-corrected chi connectivity index (χ2v) is 6.14. The molecule has 0 aliphatic heterocycles. The van der Waals surface area contributed by atoms with Crippen molar-refractivity contribution in [2.45, 2.75) is 20.4 Å². The summed E-state index contributed by atoms with van der Waals surface area (Å²) in [6, 6.07) is 15.8. The van der Waals surface area contributed by atoms with Gasteiger partial charge in [-0.2, -0.15) is 0 Å². The zero-order chi connectivity index (χ0) is 18.4. The van der Waals surface area contributed by atoms with Crippen LogP contribution >= 0.6 is 12.2 Å². The summed E-state index contributed by atoms with van der Waals surface area (Å²) >= 11 is 5.32. The summed E-state index contributed by atoms with van der Waals surface area (Å²) in [4.78, 5) is 4.26. The number of aromatic nitrogens is 3. The fourth-order valence-corrected chi connectivity index (χ4v) is 2.66. The highest BCUT2D eigenvalue weighted by molar-refractivity contribution is 7.80. The highest BCUT2D eigenvalue weighted by Gasteiger charge is 2.06. The van der Waals surface area contributed by atoms with Crippen molar-refractivity contribution in [1.82, 2.24) is 14.8 Å². The molecule has 6 nitrogen and oxygen atoms in total. The fraction of sp³-hybridized carbons (Fsp3) is 0.211. The third-order valence-electron chi connectivity index (χ3n) is 3.78. The Morgan fingerprint density at radius 3 is 2.62 bits per heavy atom. The molecule has 0 fully saturated rings. The zero-order valence-electron chi connectivity index (χ0n) is 14.8. The third kappa shape index (κ3) is 4.80. The van der Waals surface area contributed by atoms with Crippen molar-refractivity contribution in [2.24, 2.45) is 0 Å². The van der Waals surface area contributed by atoms with E-state index in [4.69, 9.17) is 17.0 Å². The Kier molecular flexibility index (Phi) is 5.80. The normalized spacial score (nSPS) is 10.4. The predicted molar refractivity (Wildman–Crippen MR) is 108 cm³/mol. The Labute approximate surface area is 158 Å². The number of rotatable bonds is 6. The summed E-state index contributed by atoms with van der Waals surface area (Å²) in [6.45, 7) is 5.35. The van der Waals surface area contributed by atoms with Gasteiger partial charge in [0.25, 0.3) is 0 Å². The van der Waals surface area contributed by atoms with Gasteiger partial charge in [0.05, 0.1) is 13.2 Å². The average Bonchev–Trinajstić information content (AvgIpc) is 3.06. The average molecular weight is 367 g/mol. The summed E-state index contributed by atoms with van der Waals surface area (Å²) in [5.74, 6) is 1.29. The van der Waals surface area contributed by atoms with E-state index in [1.54, 1.807) is 11.0 Å². The van der Waals surface area contributed by atoms with Gasteiger partial charge in [0.15, 0.2) is 5.11 Å². The van der Waals surface area contributed by atoms with Crippen LogP contribution in [0.15, 0.2) is 54.9 Å². The molecule has 1 heterocycles. The van der Waals surface area contributed by atoms with E-state index in [2.05, 4.69) is 39.8 Å². The molecule has 0 saturated carbocycles. The standard InChI is InChI=1S/C19H21N5OS/c1-3-25-17-10-8-16(9-11-17)21-19(26)22-18-20-13-24(23-18)12-15-7-5-4-6-14(15)2/h4-11,13H,3,12H2,1-2H3,(H2,21,22,23,26). The molecule has 7 heteroatoms. The number of nitrogens with one attached hydrogen (secondary N) is 2. The second kappa shape index (κ2) is 8.44. The SMILES string of the molecule is CCOc1ccc(NC(=S)Nc2ncn(Cc3ccccc3C)n2)cc1. The molecule has 0 aliphatic carbocycles. The predicted octanol–water partition coefficient (Wildman–Crippen LogP) is 3.84. The van der Waals surface area contributed by atoms with Crippen LogP contribution in [0.3, 0.4) is 0 Å². The number of ether oxygens (including phenoxy) is 1. The van der Waals surface area contributed by atoms with Gasteiger partial charge >= 0.3 is 0 Å². The molecule has 0 atom stereocenters. The maximum absolute atomic E-state index is 5.42. The van der Waals surface area contributed by atoms with Crippen molar-refractivity contribution in [3.8, 4) is 5.75 Å². The Bertz CT molecular complexity index is 876. The first-order chi connectivity index (χ1) is 12.6. The zero-order valence-corrected chi connectivity index (χ0v) is 15.6. The Hall–Kier alpha value is -2.93. The molecule has 3 rings (SSSR count). The third-order valence-corrected chi connectivity index (χ3v) is 3.98. The first-order valence-corrected chi connectivity index (χ1v) is 8.79. The van der Waals surface area contributed by atoms with Gasteiger partial charge < -0.3 is 10.1 Å². The molecule has 0 unspecified atom stereocenters. The first kappa shape index (κ1) is 17.9. The highest BCUT2D eigenvalue weighted by Crippen LogP contribution is 2.16. The van der Waals surface area contributed by atoms with Crippen molar-refractivity contribution >= 4 is 29.0 Å². The molecule has 0 aliphatic rings. The topological polar surface area (TPSA) is 64.0 Å². The lowest BCUT2D eigenvalue weighted by molar-refractivity contribution is 0.340. The quantitative estimate of drug-likeness (QED) is 0.646. The van der Waals surface area contributed by atoms with E-state index in [9.17, 15) is 0 Å². The number of hydrogen-bond acceptors (Lipinski definition) is 4. The number of anilines is 2. The molecule has 2 N–H and O–H groups in total. The van der Waals surface area contributed by atoms with Gasteiger partial charge in [0, 0.05) is 5.69 Å². The molecule has 0 radical (unpaired) electrons. The number of benzene rings is 2. The van der Waals surface area contributed by atoms with Gasteiger partial charge in [0.1, 0.15) is 12.1 Å². The summed E-state index contributed by atoms with van der Waals surface area (Å²) < 4.78 is 7.20. The molecule has 0 bridgehead atoms. The van der Waals surface area contributed by atoms with Crippen LogP contribution in [0.2, 0.25) is 0 Å². The van der Waals surface area contributed by atoms with Crippen LogP contribution in [0.25, 0.3) is 0 Å². The van der Waals surface area contributed by atoms with Crippen molar-refractivity contribution in [1.29, 1.82) is 0 Å². The van der Waals surface area contributed by atoms with Crippen molar-refractivity contribution in [2.75, 3.05) is 17.2 Å². The lowest BCUT2D eigenvalue weighted by Gasteiger charge is -2.09. The van der Waals surface area contributed by atoms with Crippen LogP contribution < -0.4 is 15.4 Å². The molecule has 3 aromatic rings. The molecule has 0 spiro atoms. The second-order valence-electron chi connectivity index (χ2n) is 5.73. The molecule has 0 saturated heterocycles. The molecule has 134 valence electrons. The van der Waals surface area contributed by atoms with Gasteiger partial charge in [-0.15, -0.1) is 5.10 Å². The molecular weight excluding hydrogens is 346 g/mol. The number of nitrogens with zero attached hydrogens (tertiary/aromatic N) is 3. The monoisotopic (exact) mass is 367 g/mol. The van der Waals surface area contributed by atoms with Crippen LogP contribution in [-0.4, -0.2) is 26.5 Å². The molecular formula is C19H21N5OS. The number of thiocarbonyl (C=S) groups is 1. The van der Waals surface area contributed by atoms with E-state index in [1.165, 1.54) is 11.1 Å². The van der Waals surface area contributed by atoms with Gasteiger partial charge in [-0.25, -0.2) is 9.67 Å². The summed E-state index contributed by atoms with van der Waals surface area (Å²) in [5, 5.41) is 10.9. The minimum atomic E-state index is 0.433. The largest absolute Gasteiger partial charge is 0.494 e. The van der Waals surface area contributed by atoms with Crippen LogP contribution in [0.1, 0.15) is 18.1 Å². The van der Waals surface area contributed by atoms with Gasteiger partial charge in [0.2, 0.25) is 5.95 Å². The summed E-state index contributed by atoms with van der Waals surface area (Å²) in [6.07, 6.45) is 1.69. The fourth-order valence-electron chi connectivity index (χ4n) is 2.46. The van der Waals surface area contributed by atoms with E-state index in [0.29, 0.717) is 24.2 Å². The van der Waals surface area contributed by atoms with Crippen molar-refractivity contribution in [3.05, 3.63) is 66.0 Å². The van der Waals surface area contributed by atoms with Crippen LogP contribution in [0.5, 0.6) is 5.75 Å². The number of hydrogen-bond donors (Lipinski definition) is 2. The van der Waals surface area contributed by atoms with Crippen LogP contribution in [0.4, 0.5) is 11.6 Å². The molecule has 1 aromatic heterocycles. The van der Waals surface area contributed by atoms with Gasteiger partial charge in [-0.05, 0) is 61.5 Å². The first-order valence-electron chi connectivity index (χ1n) is 8.39. The van der Waals surface area contributed by atoms with Crippen LogP contribution in [-0.2, 0) is 6.54 Å². The Morgan fingerprint density at radius 1 is 1.12 bits per heavy atom. The summed E-state index contributed by atoms with van der Waals surface area (Å²) in [5.41, 5.74) is 3.30. The lowest BCUT2D eigenvalue weighted by Crippen LogP contribution is -2.20. The minimum Gasteiger partial charge on any atom is -0.494 e. The summed E-state index contributed by atoms with van der Waals surface area (Å²) in [7, 11) is 0. The van der Waals surface area contributed by atoms with E-state index in [-0.39, 0.29) is 0 Å². The lowest BCUT2D eigenvalue weighted by atomic mass is 10.1. The van der Waals surface area contributed by atoms with Crippen molar-refractivity contribution in [3.63, 3.8) is 0 Å². The number of aryl methyl sites for hydroxylation is 1. The van der Waals surface area contributed by atoms with E-state index >= 15 is 0 Å². The van der Waals surface area contributed by atoms with E-state index < -0.39 is 0 Å². The van der Waals surface area contributed by atoms with Gasteiger partial charge in [-0.3, -0.25) is 5.32 Å². The highest BCUT2D eigenvalue weighted by atomic mass is 32.1. The molecule has 2 aromatic carbocycles. The van der Waals surface area contributed by atoms with E-state index in [1.807, 2.05) is 43.3 Å². The van der Waals surface area contributed by atoms with Crippen molar-refractivity contribution < 1.29 is 4.74 Å². The Balaban J connectivity index is 1.56. The smallest absolute Gasteiger partial charge is 0.248 e. The molecule has 0 amide bonds. The molecule has 26 heavy (non-hydrogen) atoms. The van der Waals surface area contributed by atoms with E-state index in [0.717, 1.165) is 11.4 Å². The maximum Gasteiger partial charge on any atom is 0.248 e. The van der Waals surface area contributed by atoms with Crippen LogP contribution in [0, 0.1) is 6.92 Å². The maximum atomic E-state index is 5.42. The Morgan fingerprint density at radius 2 is 1.88 bits per heavy atom.